The van der Waals surface area contributed by atoms with Gasteiger partial charge < -0.3 is 4.90 Å². The summed E-state index contributed by atoms with van der Waals surface area (Å²) in [7, 11) is 0. The van der Waals surface area contributed by atoms with Crippen LogP contribution in [0.4, 0.5) is 5.69 Å². The first-order valence-corrected chi connectivity index (χ1v) is 11.8. The van der Waals surface area contributed by atoms with Crippen molar-refractivity contribution in [2.75, 3.05) is 26.2 Å². The molecule has 1 aliphatic rings. The second kappa shape index (κ2) is 10.8. The van der Waals surface area contributed by atoms with Crippen molar-refractivity contribution in [2.24, 2.45) is 9.98 Å². The van der Waals surface area contributed by atoms with Gasteiger partial charge in [-0.05, 0) is 74.9 Å². The molecule has 1 fully saturated rings. The third-order valence-electron chi connectivity index (χ3n) is 6.08. The Kier molecular flexibility index (Phi) is 8.14. The van der Waals surface area contributed by atoms with Gasteiger partial charge in [0.1, 0.15) is 0 Å². The van der Waals surface area contributed by atoms with Crippen LogP contribution in [0.3, 0.4) is 0 Å². The van der Waals surface area contributed by atoms with Crippen LogP contribution in [0.15, 0.2) is 46.4 Å². The molecule has 0 bridgehead atoms. The largest absolute Gasteiger partial charge is 0.301 e. The van der Waals surface area contributed by atoms with Gasteiger partial charge in [-0.15, -0.1) is 0 Å². The van der Waals surface area contributed by atoms with E-state index in [1.165, 1.54) is 37.1 Å². The molecular formula is C27H38N4. The maximum atomic E-state index is 5.09. The summed E-state index contributed by atoms with van der Waals surface area (Å²) in [5.41, 5.74) is 7.49. The first kappa shape index (κ1) is 23.3. The van der Waals surface area contributed by atoms with E-state index in [9.17, 15) is 0 Å². The summed E-state index contributed by atoms with van der Waals surface area (Å²) in [6, 6.07) is 12.7. The molecule has 1 saturated heterocycles. The van der Waals surface area contributed by atoms with Crippen LogP contribution in [-0.4, -0.2) is 47.5 Å². The number of aliphatic imine (C=N–C) groups is 2. The summed E-state index contributed by atoms with van der Waals surface area (Å²) < 4.78 is 0. The maximum absolute atomic E-state index is 5.09. The average molecular weight is 419 g/mol. The van der Waals surface area contributed by atoms with E-state index in [0.29, 0.717) is 11.8 Å². The average Bonchev–Trinajstić information content (AvgIpc) is 3.27. The molecule has 166 valence electrons. The molecule has 2 heterocycles. The second-order valence-corrected chi connectivity index (χ2v) is 9.22. The predicted octanol–water partition coefficient (Wildman–Crippen LogP) is 6.37. The standard InChI is InChI=1S/C27H38N4/c1-19(2)23-11-9-12-24(20(3)4)27(23)29-22(6)26-14-10-13-25(30-26)21(5)28-15-18-31-16-7-8-17-31/h9-14,19-20H,7-8,15-18H2,1-6H3. The van der Waals surface area contributed by atoms with E-state index in [1.807, 2.05) is 12.1 Å². The van der Waals surface area contributed by atoms with E-state index in [4.69, 9.17) is 15.0 Å². The number of benzene rings is 1. The lowest BCUT2D eigenvalue weighted by Gasteiger charge is -2.17. The lowest BCUT2D eigenvalue weighted by Crippen LogP contribution is -2.22. The molecule has 31 heavy (non-hydrogen) atoms. The number of hydrogen-bond acceptors (Lipinski definition) is 4. The van der Waals surface area contributed by atoms with Crippen LogP contribution in [0.1, 0.15) is 88.7 Å². The van der Waals surface area contributed by atoms with E-state index in [-0.39, 0.29) is 0 Å². The van der Waals surface area contributed by atoms with Crippen molar-refractivity contribution in [1.29, 1.82) is 0 Å². The van der Waals surface area contributed by atoms with Crippen LogP contribution in [0.2, 0.25) is 0 Å². The zero-order chi connectivity index (χ0) is 22.4. The zero-order valence-electron chi connectivity index (χ0n) is 20.2. The van der Waals surface area contributed by atoms with Gasteiger partial charge in [0.05, 0.1) is 35.0 Å². The van der Waals surface area contributed by atoms with E-state index in [1.54, 1.807) is 0 Å². The Morgan fingerprint density at radius 1 is 0.871 bits per heavy atom. The first-order chi connectivity index (χ1) is 14.9. The number of para-hydroxylation sites is 1. The summed E-state index contributed by atoms with van der Waals surface area (Å²) in [6.45, 7) is 17.4. The molecule has 0 amide bonds. The van der Waals surface area contributed by atoms with Crippen molar-refractivity contribution in [3.63, 3.8) is 0 Å². The molecule has 1 aliphatic heterocycles. The fraction of sp³-hybridized carbons (Fsp3) is 0.519. The highest BCUT2D eigenvalue weighted by molar-refractivity contribution is 6.01. The summed E-state index contributed by atoms with van der Waals surface area (Å²) >= 11 is 0. The number of hydrogen-bond donors (Lipinski definition) is 0. The van der Waals surface area contributed by atoms with Crippen LogP contribution in [-0.2, 0) is 0 Å². The van der Waals surface area contributed by atoms with Crippen molar-refractivity contribution in [1.82, 2.24) is 9.88 Å². The minimum atomic E-state index is 0.425. The molecule has 2 aromatic rings. The Hall–Kier alpha value is -2.33. The Bertz CT molecular complexity index is 908. The van der Waals surface area contributed by atoms with E-state index < -0.39 is 0 Å². The molecule has 0 unspecified atom stereocenters. The predicted molar refractivity (Wildman–Crippen MR) is 133 cm³/mol. The molecule has 0 aliphatic carbocycles. The summed E-state index contributed by atoms with van der Waals surface area (Å²) in [5.74, 6) is 0.851. The van der Waals surface area contributed by atoms with E-state index in [2.05, 4.69) is 70.7 Å². The monoisotopic (exact) mass is 418 g/mol. The SMILES string of the molecule is CC(=NCCN1CCCC1)c1cccc(C(C)=Nc2c(C(C)C)cccc2C(C)C)n1. The van der Waals surface area contributed by atoms with Gasteiger partial charge in [0.2, 0.25) is 0 Å². The molecule has 1 aromatic heterocycles. The van der Waals surface area contributed by atoms with Gasteiger partial charge in [0, 0.05) is 6.54 Å². The Balaban J connectivity index is 1.84. The van der Waals surface area contributed by atoms with Crippen molar-refractivity contribution in [2.45, 2.75) is 66.2 Å². The molecule has 1 aromatic carbocycles. The Labute approximate surface area is 188 Å². The van der Waals surface area contributed by atoms with Gasteiger partial charge in [-0.25, -0.2) is 4.98 Å². The van der Waals surface area contributed by atoms with Crippen molar-refractivity contribution in [3.05, 3.63) is 58.9 Å². The van der Waals surface area contributed by atoms with Crippen LogP contribution in [0.25, 0.3) is 0 Å². The van der Waals surface area contributed by atoms with E-state index in [0.717, 1.165) is 41.6 Å². The van der Waals surface area contributed by atoms with Crippen LogP contribution in [0.5, 0.6) is 0 Å². The van der Waals surface area contributed by atoms with Gasteiger partial charge in [0.15, 0.2) is 0 Å². The number of likely N-dealkylation sites (tertiary alicyclic amines) is 1. The van der Waals surface area contributed by atoms with Crippen molar-refractivity contribution >= 4 is 17.1 Å². The zero-order valence-corrected chi connectivity index (χ0v) is 20.2. The van der Waals surface area contributed by atoms with Crippen molar-refractivity contribution in [3.8, 4) is 0 Å². The Morgan fingerprint density at radius 2 is 1.42 bits per heavy atom. The number of nitrogens with zero attached hydrogens (tertiary/aromatic N) is 4. The van der Waals surface area contributed by atoms with Gasteiger partial charge in [-0.1, -0.05) is 52.0 Å². The maximum Gasteiger partial charge on any atom is 0.0849 e. The minimum absolute atomic E-state index is 0.425. The van der Waals surface area contributed by atoms with Gasteiger partial charge in [0.25, 0.3) is 0 Å². The third kappa shape index (κ3) is 6.10. The lowest BCUT2D eigenvalue weighted by molar-refractivity contribution is 0.349. The summed E-state index contributed by atoms with van der Waals surface area (Å²) in [4.78, 5) is 17.3. The first-order valence-electron chi connectivity index (χ1n) is 11.8. The van der Waals surface area contributed by atoms with Crippen LogP contribution < -0.4 is 0 Å². The topological polar surface area (TPSA) is 40.9 Å². The molecule has 0 radical (unpaired) electrons. The number of pyridine rings is 1. The highest BCUT2D eigenvalue weighted by Crippen LogP contribution is 2.35. The Morgan fingerprint density at radius 3 is 2.00 bits per heavy atom. The summed E-state index contributed by atoms with van der Waals surface area (Å²) in [6.07, 6.45) is 2.65. The molecule has 0 saturated carbocycles. The highest BCUT2D eigenvalue weighted by Gasteiger charge is 2.14. The molecule has 4 nitrogen and oxygen atoms in total. The minimum Gasteiger partial charge on any atom is -0.301 e. The fourth-order valence-electron chi connectivity index (χ4n) is 4.15. The number of aromatic nitrogens is 1. The van der Waals surface area contributed by atoms with Crippen molar-refractivity contribution < 1.29 is 0 Å². The van der Waals surface area contributed by atoms with Gasteiger partial charge >= 0.3 is 0 Å². The molecule has 0 spiro atoms. The molecule has 0 N–H and O–H groups in total. The second-order valence-electron chi connectivity index (χ2n) is 9.22. The fourth-order valence-corrected chi connectivity index (χ4v) is 4.15. The normalized spacial score (nSPS) is 16.0. The van der Waals surface area contributed by atoms with Crippen LogP contribution >= 0.6 is 0 Å². The van der Waals surface area contributed by atoms with Gasteiger partial charge in [-0.3, -0.25) is 9.98 Å². The summed E-state index contributed by atoms with van der Waals surface area (Å²) in [5, 5.41) is 0. The quantitative estimate of drug-likeness (QED) is 0.467. The lowest BCUT2D eigenvalue weighted by atomic mass is 9.93. The highest BCUT2D eigenvalue weighted by atomic mass is 15.1. The smallest absolute Gasteiger partial charge is 0.0849 e. The molecule has 3 rings (SSSR count). The van der Waals surface area contributed by atoms with Gasteiger partial charge in [-0.2, -0.15) is 0 Å². The van der Waals surface area contributed by atoms with Crippen LogP contribution in [0, 0.1) is 0 Å². The number of rotatable bonds is 8. The van der Waals surface area contributed by atoms with E-state index >= 15 is 0 Å². The molecule has 0 atom stereocenters. The molecular weight excluding hydrogens is 380 g/mol. The third-order valence-corrected chi connectivity index (χ3v) is 6.08. The molecule has 4 heteroatoms.